The summed E-state index contributed by atoms with van der Waals surface area (Å²) < 4.78 is 10.5. The molecule has 0 heterocycles. The Bertz CT molecular complexity index is 749. The quantitative estimate of drug-likeness (QED) is 0.0953. The smallest absolute Gasteiger partial charge is 0.308 e. The van der Waals surface area contributed by atoms with Gasteiger partial charge < -0.3 is 24.9 Å². The Morgan fingerprint density at radius 3 is 1.67 bits per heavy atom. The topological polar surface area (TPSA) is 97.9 Å². The van der Waals surface area contributed by atoms with Crippen molar-refractivity contribution < 1.29 is 23.9 Å². The molecule has 0 radical (unpaired) electrons. The van der Waals surface area contributed by atoms with E-state index in [1.54, 1.807) is 0 Å². The lowest BCUT2D eigenvalue weighted by atomic mass is 10.0. The minimum Gasteiger partial charge on any atom is -0.461 e. The van der Waals surface area contributed by atoms with E-state index in [2.05, 4.69) is 55.9 Å². The van der Waals surface area contributed by atoms with Gasteiger partial charge in [-0.1, -0.05) is 107 Å². The average Bonchev–Trinajstić information content (AvgIpc) is 2.93. The first-order valence-electron chi connectivity index (χ1n) is 16.4. The Morgan fingerprint density at radius 2 is 1.23 bits per heavy atom. The van der Waals surface area contributed by atoms with E-state index in [0.717, 1.165) is 25.1 Å². The number of nitrogens with one attached hydrogen (secondary N) is 3. The minimum atomic E-state index is -0.142. The number of benzene rings is 1. The SMILES string of the molecule is CC.CC(C)Cc1ccc(COC(=O)C(C)C)cc1.CC(C)NCC(=O)C(C)C.CC(C)NCCONCCOC(C)C. The van der Waals surface area contributed by atoms with Crippen molar-refractivity contribution in [3.05, 3.63) is 35.4 Å². The van der Waals surface area contributed by atoms with E-state index >= 15 is 0 Å². The van der Waals surface area contributed by atoms with Crippen LogP contribution >= 0.6 is 0 Å². The molecule has 8 heteroatoms. The highest BCUT2D eigenvalue weighted by molar-refractivity contribution is 5.82. The molecular weight excluding hydrogens is 542 g/mol. The van der Waals surface area contributed by atoms with Crippen molar-refractivity contribution >= 4 is 11.8 Å². The number of ketones is 1. The van der Waals surface area contributed by atoms with Crippen molar-refractivity contribution in [2.24, 2.45) is 17.8 Å². The molecule has 254 valence electrons. The van der Waals surface area contributed by atoms with E-state index in [1.165, 1.54) is 5.56 Å². The third kappa shape index (κ3) is 34.5. The number of rotatable bonds is 18. The van der Waals surface area contributed by atoms with Gasteiger partial charge in [0.05, 0.1) is 31.8 Å². The highest BCUT2D eigenvalue weighted by Crippen LogP contribution is 2.11. The lowest BCUT2D eigenvalue weighted by Gasteiger charge is -2.10. The maximum Gasteiger partial charge on any atom is 0.308 e. The molecule has 1 rings (SSSR count). The Kier molecular flexibility index (Phi) is 32.0. The summed E-state index contributed by atoms with van der Waals surface area (Å²) in [7, 11) is 0. The first-order valence-corrected chi connectivity index (χ1v) is 16.4. The van der Waals surface area contributed by atoms with Gasteiger partial charge in [0.2, 0.25) is 0 Å². The van der Waals surface area contributed by atoms with Crippen LogP contribution in [0.25, 0.3) is 0 Å². The maximum absolute atomic E-state index is 11.3. The number of esters is 1. The van der Waals surface area contributed by atoms with Crippen molar-refractivity contribution in [3.63, 3.8) is 0 Å². The van der Waals surface area contributed by atoms with Gasteiger partial charge in [-0.05, 0) is 37.3 Å². The summed E-state index contributed by atoms with van der Waals surface area (Å²) in [4.78, 5) is 27.5. The number of hydrogen-bond donors (Lipinski definition) is 3. The summed E-state index contributed by atoms with van der Waals surface area (Å²) in [5, 5.41) is 6.34. The first-order chi connectivity index (χ1) is 20.1. The zero-order valence-corrected chi connectivity index (χ0v) is 30.3. The fourth-order valence-corrected chi connectivity index (χ4v) is 2.95. The lowest BCUT2D eigenvalue weighted by Crippen LogP contribution is -2.31. The van der Waals surface area contributed by atoms with Crippen LogP contribution < -0.4 is 16.1 Å². The van der Waals surface area contributed by atoms with Crippen LogP contribution in [-0.2, 0) is 36.9 Å². The molecule has 0 spiro atoms. The van der Waals surface area contributed by atoms with Crippen molar-refractivity contribution in [3.8, 4) is 0 Å². The van der Waals surface area contributed by atoms with Gasteiger partial charge in [-0.15, -0.1) is 0 Å². The normalized spacial score (nSPS) is 10.8. The molecule has 0 amide bonds. The molecule has 0 aromatic heterocycles. The van der Waals surface area contributed by atoms with Gasteiger partial charge in [0.15, 0.2) is 0 Å². The second-order valence-corrected chi connectivity index (χ2v) is 12.1. The second kappa shape index (κ2) is 30.2. The van der Waals surface area contributed by atoms with E-state index in [9.17, 15) is 9.59 Å². The fraction of sp³-hybridized carbons (Fsp3) is 0.771. The van der Waals surface area contributed by atoms with E-state index in [4.69, 9.17) is 14.3 Å². The molecular formula is C35H69N3O5. The highest BCUT2D eigenvalue weighted by Gasteiger charge is 2.08. The third-order valence-corrected chi connectivity index (χ3v) is 5.36. The van der Waals surface area contributed by atoms with E-state index in [0.29, 0.717) is 50.5 Å². The van der Waals surface area contributed by atoms with Crippen molar-refractivity contribution in [1.29, 1.82) is 0 Å². The Labute approximate surface area is 265 Å². The Balaban J connectivity index is -0.000000560. The summed E-state index contributed by atoms with van der Waals surface area (Å²) in [5.41, 5.74) is 5.23. The van der Waals surface area contributed by atoms with Crippen molar-refractivity contribution in [2.45, 2.75) is 128 Å². The van der Waals surface area contributed by atoms with Crippen molar-refractivity contribution in [2.75, 3.05) is 32.8 Å². The van der Waals surface area contributed by atoms with Gasteiger partial charge in [0.25, 0.3) is 0 Å². The molecule has 1 aromatic rings. The molecule has 0 saturated heterocycles. The number of ether oxygens (including phenoxy) is 2. The van der Waals surface area contributed by atoms with Crippen LogP contribution in [0.3, 0.4) is 0 Å². The Hall–Kier alpha value is -1.84. The Morgan fingerprint density at radius 1 is 0.698 bits per heavy atom. The van der Waals surface area contributed by atoms with Gasteiger partial charge in [0.1, 0.15) is 12.4 Å². The summed E-state index contributed by atoms with van der Waals surface area (Å²) in [6, 6.07) is 9.21. The minimum absolute atomic E-state index is 0.0600. The third-order valence-electron chi connectivity index (χ3n) is 5.36. The van der Waals surface area contributed by atoms with Crippen molar-refractivity contribution in [1.82, 2.24) is 16.1 Å². The first kappa shape index (κ1) is 45.6. The van der Waals surface area contributed by atoms with Gasteiger partial charge in [0, 0.05) is 31.1 Å². The molecule has 0 unspecified atom stereocenters. The van der Waals surface area contributed by atoms with Crippen LogP contribution in [0.5, 0.6) is 0 Å². The van der Waals surface area contributed by atoms with Crippen LogP contribution in [0.15, 0.2) is 24.3 Å². The molecule has 0 aliphatic heterocycles. The van der Waals surface area contributed by atoms with Crippen LogP contribution in [0.1, 0.15) is 108 Å². The zero-order valence-electron chi connectivity index (χ0n) is 30.3. The number of Topliss-reactive ketones (excluding diaryl/α,β-unsaturated/α-hetero) is 1. The molecule has 0 saturated carbocycles. The standard InChI is InChI=1S/C15H22O2.C10H24N2O2.C8H17NO.C2H6/c1-11(2)9-13-5-7-14(8-6-13)10-17-15(16)12(3)4;1-9(2)11-5-8-14-12-6-7-13-10(3)4;1-6(2)8(10)5-9-7(3)4;1-2/h5-8,11-12H,9-10H2,1-4H3;9-12H,5-8H2,1-4H3;6-7,9H,5H2,1-4H3;1-2H3. The maximum atomic E-state index is 11.3. The zero-order chi connectivity index (χ0) is 33.8. The fourth-order valence-electron chi connectivity index (χ4n) is 2.95. The summed E-state index contributed by atoms with van der Waals surface area (Å²) in [6.45, 7) is 32.1. The number of hydrogen-bond acceptors (Lipinski definition) is 8. The molecule has 0 aliphatic carbocycles. The molecule has 0 bridgehead atoms. The van der Waals surface area contributed by atoms with Gasteiger partial charge >= 0.3 is 5.97 Å². The average molecular weight is 612 g/mol. The highest BCUT2D eigenvalue weighted by atomic mass is 16.6. The molecule has 0 atom stereocenters. The monoisotopic (exact) mass is 612 g/mol. The summed E-state index contributed by atoms with van der Waals surface area (Å²) in [5.74, 6) is 0.908. The molecule has 0 fully saturated rings. The second-order valence-electron chi connectivity index (χ2n) is 12.1. The largest absolute Gasteiger partial charge is 0.461 e. The van der Waals surface area contributed by atoms with E-state index in [1.807, 2.05) is 81.4 Å². The molecule has 43 heavy (non-hydrogen) atoms. The van der Waals surface area contributed by atoms with E-state index < -0.39 is 0 Å². The summed E-state index contributed by atoms with van der Waals surface area (Å²) in [6.07, 6.45) is 1.38. The van der Waals surface area contributed by atoms with Crippen LogP contribution in [0.2, 0.25) is 0 Å². The number of carbonyl (C=O) groups excluding carboxylic acids is 2. The van der Waals surface area contributed by atoms with Gasteiger partial charge in [-0.3, -0.25) is 9.59 Å². The molecule has 1 aromatic carbocycles. The summed E-state index contributed by atoms with van der Waals surface area (Å²) >= 11 is 0. The molecule has 0 aliphatic rings. The van der Waals surface area contributed by atoms with E-state index in [-0.39, 0.29) is 23.6 Å². The number of carbonyl (C=O) groups is 2. The van der Waals surface area contributed by atoms with Gasteiger partial charge in [-0.2, -0.15) is 0 Å². The molecule has 3 N–H and O–H groups in total. The number of hydroxylamine groups is 1. The molecule has 8 nitrogen and oxygen atoms in total. The van der Waals surface area contributed by atoms with Crippen LogP contribution in [0.4, 0.5) is 0 Å². The predicted octanol–water partition coefficient (Wildman–Crippen LogP) is 6.75. The van der Waals surface area contributed by atoms with Gasteiger partial charge in [-0.25, -0.2) is 5.48 Å². The predicted molar refractivity (Wildman–Crippen MR) is 182 cm³/mol. The van der Waals surface area contributed by atoms with Crippen LogP contribution in [-0.4, -0.2) is 62.8 Å². The van der Waals surface area contributed by atoms with Crippen LogP contribution in [0, 0.1) is 17.8 Å². The lowest BCUT2D eigenvalue weighted by molar-refractivity contribution is -0.148.